The summed E-state index contributed by atoms with van der Waals surface area (Å²) in [5, 5.41) is 2.71. The van der Waals surface area contributed by atoms with E-state index in [4.69, 9.17) is 0 Å². The molecular weight excluding hydrogens is 248 g/mol. The van der Waals surface area contributed by atoms with Crippen LogP contribution in [-0.4, -0.2) is 19.7 Å². The van der Waals surface area contributed by atoms with Crippen LogP contribution in [0.2, 0.25) is 0 Å². The number of aryl methyl sites for hydroxylation is 1. The maximum absolute atomic E-state index is 11.2. The van der Waals surface area contributed by atoms with Crippen molar-refractivity contribution in [3.8, 4) is 5.69 Å². The van der Waals surface area contributed by atoms with E-state index in [-0.39, 0.29) is 5.69 Å². The molecule has 0 aromatic carbocycles. The smallest absolute Gasteiger partial charge is 0.279 e. The molecule has 0 atom stereocenters. The molecule has 2 rings (SSSR count). The molecule has 0 saturated carbocycles. The topological polar surface area (TPSA) is 63.6 Å². The van der Waals surface area contributed by atoms with Crippen molar-refractivity contribution in [2.75, 3.05) is 0 Å². The third-order valence-electron chi connectivity index (χ3n) is 1.81. The van der Waals surface area contributed by atoms with Crippen molar-refractivity contribution in [1.29, 1.82) is 0 Å². The van der Waals surface area contributed by atoms with Crippen LogP contribution in [0.3, 0.4) is 0 Å². The quantitative estimate of drug-likeness (QED) is 0.774. The summed E-state index contributed by atoms with van der Waals surface area (Å²) in [5.41, 5.74) is 1.30. The summed E-state index contributed by atoms with van der Waals surface area (Å²) in [6.07, 6.45) is 2.94. The number of hydrogen-bond acceptors (Lipinski definition) is 3. The highest BCUT2D eigenvalue weighted by atomic mass is 79.9. The molecule has 1 N–H and O–H groups in total. The van der Waals surface area contributed by atoms with Gasteiger partial charge in [0.15, 0.2) is 0 Å². The fraction of sp³-hybridized carbons (Fsp3) is 0.125. The number of H-pyrrole nitrogens is 1. The van der Waals surface area contributed by atoms with Gasteiger partial charge in [0.25, 0.3) is 0 Å². The molecule has 0 aliphatic heterocycles. The largest absolute Gasteiger partial charge is 0.368 e. The van der Waals surface area contributed by atoms with E-state index in [1.807, 2.05) is 13.0 Å². The van der Waals surface area contributed by atoms with Crippen molar-refractivity contribution < 1.29 is 0 Å². The van der Waals surface area contributed by atoms with Gasteiger partial charge in [-0.1, -0.05) is 0 Å². The fourth-order valence-electron chi connectivity index (χ4n) is 1.11. The molecule has 0 spiro atoms. The highest BCUT2D eigenvalue weighted by Gasteiger charge is 2.03. The van der Waals surface area contributed by atoms with Crippen LogP contribution < -0.4 is 5.69 Å². The Labute approximate surface area is 87.9 Å². The van der Waals surface area contributed by atoms with E-state index >= 15 is 0 Å². The van der Waals surface area contributed by atoms with Gasteiger partial charge in [-0.15, -0.1) is 0 Å². The maximum atomic E-state index is 11.2. The molecule has 6 heteroatoms. The van der Waals surface area contributed by atoms with Crippen LogP contribution in [0.4, 0.5) is 0 Å². The molecule has 2 aromatic rings. The first-order valence-electron chi connectivity index (χ1n) is 3.93. The SMILES string of the molecule is Cc1cc(-n2[nH]cnc2=O)cnc1Br. The van der Waals surface area contributed by atoms with Crippen LogP contribution in [0.25, 0.3) is 5.69 Å². The summed E-state index contributed by atoms with van der Waals surface area (Å²) in [6, 6.07) is 1.84. The highest BCUT2D eigenvalue weighted by Crippen LogP contribution is 2.14. The Morgan fingerprint density at radius 2 is 2.29 bits per heavy atom. The van der Waals surface area contributed by atoms with E-state index in [0.717, 1.165) is 10.2 Å². The summed E-state index contributed by atoms with van der Waals surface area (Å²) < 4.78 is 2.10. The third kappa shape index (κ3) is 1.48. The normalized spacial score (nSPS) is 10.4. The predicted molar refractivity (Wildman–Crippen MR) is 54.4 cm³/mol. The highest BCUT2D eigenvalue weighted by molar-refractivity contribution is 9.10. The Balaban J connectivity index is 2.59. The second kappa shape index (κ2) is 3.38. The summed E-state index contributed by atoms with van der Waals surface area (Å²) >= 11 is 3.29. The molecule has 0 aliphatic carbocycles. The van der Waals surface area contributed by atoms with Crippen molar-refractivity contribution >= 4 is 15.9 Å². The number of nitrogens with zero attached hydrogens (tertiary/aromatic N) is 3. The number of rotatable bonds is 1. The van der Waals surface area contributed by atoms with E-state index < -0.39 is 0 Å². The van der Waals surface area contributed by atoms with Gasteiger partial charge in [0.1, 0.15) is 10.9 Å². The molecule has 0 radical (unpaired) electrons. The molecule has 0 fully saturated rings. The average molecular weight is 255 g/mol. The molecule has 72 valence electrons. The molecule has 14 heavy (non-hydrogen) atoms. The van der Waals surface area contributed by atoms with Crippen LogP contribution in [0, 0.1) is 6.92 Å². The Morgan fingerprint density at radius 1 is 1.50 bits per heavy atom. The monoisotopic (exact) mass is 254 g/mol. The first-order chi connectivity index (χ1) is 6.68. The molecule has 0 saturated heterocycles. The minimum absolute atomic E-state index is 0.339. The summed E-state index contributed by atoms with van der Waals surface area (Å²) in [4.78, 5) is 18.8. The van der Waals surface area contributed by atoms with Crippen molar-refractivity contribution in [2.24, 2.45) is 0 Å². The van der Waals surface area contributed by atoms with Gasteiger partial charge in [-0.25, -0.2) is 14.5 Å². The molecule has 0 bridgehead atoms. The molecule has 0 amide bonds. The first kappa shape index (κ1) is 9.14. The average Bonchev–Trinajstić information content (AvgIpc) is 2.57. The zero-order valence-electron chi connectivity index (χ0n) is 7.36. The van der Waals surface area contributed by atoms with E-state index in [1.54, 1.807) is 6.20 Å². The summed E-state index contributed by atoms with van der Waals surface area (Å²) in [5.74, 6) is 0. The lowest BCUT2D eigenvalue weighted by molar-refractivity contribution is 0.834. The lowest BCUT2D eigenvalue weighted by Gasteiger charge is -2.02. The van der Waals surface area contributed by atoms with Gasteiger partial charge in [0, 0.05) is 0 Å². The van der Waals surface area contributed by atoms with Crippen LogP contribution >= 0.6 is 15.9 Å². The molecule has 0 unspecified atom stereocenters. The minimum atomic E-state index is -0.339. The van der Waals surface area contributed by atoms with Gasteiger partial charge in [0.2, 0.25) is 0 Å². The first-order valence-corrected chi connectivity index (χ1v) is 4.73. The number of pyridine rings is 1. The summed E-state index contributed by atoms with van der Waals surface area (Å²) in [7, 11) is 0. The number of aromatic amines is 1. The van der Waals surface area contributed by atoms with E-state index in [1.165, 1.54) is 11.0 Å². The second-order valence-electron chi connectivity index (χ2n) is 2.81. The molecule has 2 aromatic heterocycles. The number of halogens is 1. The Bertz CT molecular complexity index is 516. The predicted octanol–water partition coefficient (Wildman–Crippen LogP) is 1.03. The van der Waals surface area contributed by atoms with E-state index in [9.17, 15) is 4.79 Å². The van der Waals surface area contributed by atoms with Crippen LogP contribution in [0.1, 0.15) is 5.56 Å². The zero-order valence-corrected chi connectivity index (χ0v) is 8.95. The van der Waals surface area contributed by atoms with E-state index in [0.29, 0.717) is 5.69 Å². The van der Waals surface area contributed by atoms with Gasteiger partial charge < -0.3 is 0 Å². The van der Waals surface area contributed by atoms with Gasteiger partial charge in [-0.05, 0) is 34.5 Å². The number of hydrogen-bond donors (Lipinski definition) is 1. The Kier molecular flexibility index (Phi) is 2.20. The lowest BCUT2D eigenvalue weighted by atomic mass is 10.3. The zero-order chi connectivity index (χ0) is 10.1. The maximum Gasteiger partial charge on any atom is 0.368 e. The summed E-state index contributed by atoms with van der Waals surface area (Å²) in [6.45, 7) is 1.90. The minimum Gasteiger partial charge on any atom is -0.279 e. The second-order valence-corrected chi connectivity index (χ2v) is 3.56. The third-order valence-corrected chi connectivity index (χ3v) is 2.64. The molecule has 0 aliphatic rings. The van der Waals surface area contributed by atoms with Gasteiger partial charge in [-0.2, -0.15) is 4.98 Å². The number of aromatic nitrogens is 4. The van der Waals surface area contributed by atoms with Crippen molar-refractivity contribution in [2.45, 2.75) is 6.92 Å². The van der Waals surface area contributed by atoms with Crippen molar-refractivity contribution in [3.63, 3.8) is 0 Å². The van der Waals surface area contributed by atoms with Gasteiger partial charge in [0.05, 0.1) is 11.9 Å². The molecule has 2 heterocycles. The van der Waals surface area contributed by atoms with Crippen molar-refractivity contribution in [1.82, 2.24) is 19.7 Å². The van der Waals surface area contributed by atoms with Crippen LogP contribution in [0.15, 0.2) is 28.0 Å². The standard InChI is InChI=1S/C8H7BrN4O/c1-5-2-6(3-10-7(5)9)13-8(14)11-4-12-13/h2-4H,1H3,(H,11,12,14). The lowest BCUT2D eigenvalue weighted by Crippen LogP contribution is -2.16. The van der Waals surface area contributed by atoms with E-state index in [2.05, 4.69) is 31.0 Å². The van der Waals surface area contributed by atoms with Gasteiger partial charge >= 0.3 is 5.69 Å². The Hall–Kier alpha value is -1.43. The van der Waals surface area contributed by atoms with Crippen molar-refractivity contribution in [3.05, 3.63) is 39.2 Å². The number of nitrogens with one attached hydrogen (secondary N) is 1. The van der Waals surface area contributed by atoms with Crippen LogP contribution in [0.5, 0.6) is 0 Å². The van der Waals surface area contributed by atoms with Gasteiger partial charge in [-0.3, -0.25) is 5.10 Å². The van der Waals surface area contributed by atoms with Crippen LogP contribution in [-0.2, 0) is 0 Å². The molecular formula is C8H7BrN4O. The fourth-order valence-corrected chi connectivity index (χ4v) is 1.32. The molecule has 5 nitrogen and oxygen atoms in total. The Morgan fingerprint density at radius 3 is 2.86 bits per heavy atom.